The average molecular weight is 447 g/mol. The van der Waals surface area contributed by atoms with E-state index in [9.17, 15) is 22.8 Å². The molecule has 0 saturated carbocycles. The van der Waals surface area contributed by atoms with E-state index in [0.29, 0.717) is 6.54 Å². The number of aromatic nitrogens is 3. The first-order valence-electron chi connectivity index (χ1n) is 10.00. The van der Waals surface area contributed by atoms with Crippen molar-refractivity contribution in [2.75, 3.05) is 16.8 Å². The predicted molar refractivity (Wildman–Crippen MR) is 109 cm³/mol. The number of fused-ring (bicyclic) bond motifs is 1. The number of rotatable bonds is 5. The number of nitrogens with zero attached hydrogens (tertiary/aromatic N) is 4. The van der Waals surface area contributed by atoms with Crippen LogP contribution in [0.15, 0.2) is 40.9 Å². The van der Waals surface area contributed by atoms with Crippen LogP contribution < -0.4 is 10.2 Å². The smallest absolute Gasteiger partial charge is 0.338 e. The van der Waals surface area contributed by atoms with Gasteiger partial charge in [-0.15, -0.1) is 0 Å². The molecule has 0 radical (unpaired) electrons. The minimum absolute atomic E-state index is 0.00924. The zero-order chi connectivity index (χ0) is 22.9. The van der Waals surface area contributed by atoms with Gasteiger partial charge in [0.25, 0.3) is 0 Å². The fraction of sp³-hybridized carbons (Fsp3) is 0.333. The lowest BCUT2D eigenvalue weighted by Crippen LogP contribution is -2.37. The molecule has 0 spiro atoms. The van der Waals surface area contributed by atoms with Crippen molar-refractivity contribution in [3.05, 3.63) is 47.7 Å². The molecule has 32 heavy (non-hydrogen) atoms. The number of carbonyl (C=O) groups is 2. The molecule has 2 amide bonds. The van der Waals surface area contributed by atoms with Gasteiger partial charge >= 0.3 is 6.18 Å². The van der Waals surface area contributed by atoms with Gasteiger partial charge in [-0.1, -0.05) is 17.3 Å². The average Bonchev–Trinajstić information content (AvgIpc) is 3.36. The van der Waals surface area contributed by atoms with E-state index in [1.807, 2.05) is 13.0 Å². The summed E-state index contributed by atoms with van der Waals surface area (Å²) in [7, 11) is 0. The molecule has 1 aromatic carbocycles. The van der Waals surface area contributed by atoms with Gasteiger partial charge in [-0.3, -0.25) is 19.8 Å². The van der Waals surface area contributed by atoms with E-state index in [1.54, 1.807) is 9.58 Å². The van der Waals surface area contributed by atoms with Crippen LogP contribution in [0.2, 0.25) is 0 Å². The largest absolute Gasteiger partial charge is 0.416 e. The Hall–Kier alpha value is -3.63. The normalized spacial score (nSPS) is 13.7. The highest BCUT2D eigenvalue weighted by molar-refractivity contribution is 5.97. The molecule has 3 aromatic rings. The third kappa shape index (κ3) is 4.66. The van der Waals surface area contributed by atoms with Gasteiger partial charge < -0.3 is 4.52 Å². The Morgan fingerprint density at radius 3 is 2.75 bits per heavy atom. The third-order valence-corrected chi connectivity index (χ3v) is 5.03. The Morgan fingerprint density at radius 1 is 1.16 bits per heavy atom. The van der Waals surface area contributed by atoms with Gasteiger partial charge in [-0.2, -0.15) is 18.3 Å². The van der Waals surface area contributed by atoms with Crippen molar-refractivity contribution in [3.8, 4) is 11.3 Å². The van der Waals surface area contributed by atoms with Crippen LogP contribution in [0.1, 0.15) is 30.5 Å². The molecule has 2 aromatic heterocycles. The van der Waals surface area contributed by atoms with Crippen molar-refractivity contribution >= 4 is 23.5 Å². The number of alkyl halides is 3. The summed E-state index contributed by atoms with van der Waals surface area (Å²) in [6.07, 6.45) is -3.79. The molecule has 1 aliphatic rings. The topological polar surface area (TPSA) is 93.3 Å². The highest BCUT2D eigenvalue weighted by atomic mass is 19.4. The van der Waals surface area contributed by atoms with Crippen LogP contribution in [0.3, 0.4) is 0 Å². The third-order valence-electron chi connectivity index (χ3n) is 5.03. The van der Waals surface area contributed by atoms with Crippen LogP contribution in [0.4, 0.5) is 24.9 Å². The van der Waals surface area contributed by atoms with Crippen molar-refractivity contribution in [2.24, 2.45) is 0 Å². The SMILES string of the molecule is Cc1cc2n(n1)CCCN2C(=O)CCC(=O)Nc1cc(-c2cccc(C(F)(F)F)c2)no1. The Kier molecular flexibility index (Phi) is 5.72. The van der Waals surface area contributed by atoms with Crippen molar-refractivity contribution in [1.82, 2.24) is 14.9 Å². The number of aryl methyl sites for hydroxylation is 2. The van der Waals surface area contributed by atoms with Gasteiger partial charge in [0.15, 0.2) is 0 Å². The highest BCUT2D eigenvalue weighted by Crippen LogP contribution is 2.32. The second kappa shape index (κ2) is 8.48. The summed E-state index contributed by atoms with van der Waals surface area (Å²) in [5.41, 5.74) is 0.367. The van der Waals surface area contributed by atoms with E-state index in [0.717, 1.165) is 36.6 Å². The number of anilines is 2. The van der Waals surface area contributed by atoms with Gasteiger partial charge in [0, 0.05) is 43.6 Å². The lowest BCUT2D eigenvalue weighted by molar-refractivity contribution is -0.137. The molecule has 0 unspecified atom stereocenters. The summed E-state index contributed by atoms with van der Waals surface area (Å²) in [4.78, 5) is 26.5. The molecule has 1 N–H and O–H groups in total. The Bertz CT molecular complexity index is 1150. The maximum absolute atomic E-state index is 12.9. The summed E-state index contributed by atoms with van der Waals surface area (Å²) in [5.74, 6) is 0.0525. The van der Waals surface area contributed by atoms with Crippen molar-refractivity contribution in [3.63, 3.8) is 0 Å². The molecule has 168 valence electrons. The Morgan fingerprint density at radius 2 is 1.97 bits per heavy atom. The molecule has 3 heterocycles. The van der Waals surface area contributed by atoms with Crippen molar-refractivity contribution in [2.45, 2.75) is 38.9 Å². The fourth-order valence-electron chi connectivity index (χ4n) is 3.54. The highest BCUT2D eigenvalue weighted by Gasteiger charge is 2.30. The molecule has 1 aliphatic heterocycles. The van der Waals surface area contributed by atoms with Crippen LogP contribution >= 0.6 is 0 Å². The summed E-state index contributed by atoms with van der Waals surface area (Å²) >= 11 is 0. The molecular weight excluding hydrogens is 427 g/mol. The van der Waals surface area contributed by atoms with Crippen LogP contribution in [0, 0.1) is 6.92 Å². The minimum Gasteiger partial charge on any atom is -0.338 e. The molecule has 0 fully saturated rings. The molecule has 4 rings (SSSR count). The summed E-state index contributed by atoms with van der Waals surface area (Å²) < 4.78 is 45.5. The zero-order valence-electron chi connectivity index (χ0n) is 17.1. The second-order valence-corrected chi connectivity index (χ2v) is 7.47. The maximum Gasteiger partial charge on any atom is 0.416 e. The Labute approximate surface area is 181 Å². The summed E-state index contributed by atoms with van der Waals surface area (Å²) in [6, 6.07) is 7.81. The maximum atomic E-state index is 12.9. The van der Waals surface area contributed by atoms with Gasteiger partial charge in [0.1, 0.15) is 11.5 Å². The lowest BCUT2D eigenvalue weighted by Gasteiger charge is -2.27. The van der Waals surface area contributed by atoms with E-state index in [-0.39, 0.29) is 35.9 Å². The van der Waals surface area contributed by atoms with Gasteiger partial charge in [0.05, 0.1) is 11.3 Å². The lowest BCUT2D eigenvalue weighted by atomic mass is 10.1. The molecule has 0 saturated heterocycles. The first-order valence-corrected chi connectivity index (χ1v) is 10.00. The van der Waals surface area contributed by atoms with Crippen LogP contribution in [-0.2, 0) is 22.3 Å². The quantitative estimate of drug-likeness (QED) is 0.638. The Balaban J connectivity index is 1.35. The molecule has 0 atom stereocenters. The van der Waals surface area contributed by atoms with Crippen molar-refractivity contribution < 1.29 is 27.3 Å². The number of amides is 2. The first-order chi connectivity index (χ1) is 15.2. The predicted octanol–water partition coefficient (Wildman–Crippen LogP) is 4.02. The van der Waals surface area contributed by atoms with E-state index in [2.05, 4.69) is 15.6 Å². The number of hydrogen-bond donors (Lipinski definition) is 1. The molecule has 11 heteroatoms. The van der Waals surface area contributed by atoms with E-state index >= 15 is 0 Å². The van der Waals surface area contributed by atoms with Gasteiger partial charge in [0.2, 0.25) is 17.7 Å². The fourth-order valence-corrected chi connectivity index (χ4v) is 3.54. The number of benzene rings is 1. The minimum atomic E-state index is -4.48. The number of carbonyl (C=O) groups excluding carboxylic acids is 2. The van der Waals surface area contributed by atoms with E-state index in [4.69, 9.17) is 4.52 Å². The number of nitrogens with one attached hydrogen (secondary N) is 1. The second-order valence-electron chi connectivity index (χ2n) is 7.47. The van der Waals surface area contributed by atoms with E-state index < -0.39 is 17.6 Å². The van der Waals surface area contributed by atoms with E-state index in [1.165, 1.54) is 18.2 Å². The molecular formula is C21H20F3N5O3. The summed E-state index contributed by atoms with van der Waals surface area (Å²) in [6.45, 7) is 3.16. The van der Waals surface area contributed by atoms with Crippen LogP contribution in [-0.4, -0.2) is 33.3 Å². The van der Waals surface area contributed by atoms with Crippen molar-refractivity contribution in [1.29, 1.82) is 0 Å². The molecule has 0 aliphatic carbocycles. The van der Waals surface area contributed by atoms with Crippen LogP contribution in [0.25, 0.3) is 11.3 Å². The summed E-state index contributed by atoms with van der Waals surface area (Å²) in [5, 5.41) is 10.5. The first kappa shape index (κ1) is 21.6. The zero-order valence-corrected chi connectivity index (χ0v) is 17.1. The molecule has 0 bridgehead atoms. The standard InChI is InChI=1S/C21H20F3N5O3/c1-13-10-19-28(8-3-9-29(19)26-13)20(31)7-6-17(30)25-18-12-16(27-32-18)14-4-2-5-15(11-14)21(22,23)24/h2,4-5,10-12H,3,6-9H2,1H3,(H,25,30). The monoisotopic (exact) mass is 447 g/mol. The number of halogens is 3. The van der Waals surface area contributed by atoms with Gasteiger partial charge in [-0.25, -0.2) is 4.68 Å². The molecule has 8 nitrogen and oxygen atoms in total. The van der Waals surface area contributed by atoms with Crippen LogP contribution in [0.5, 0.6) is 0 Å². The number of hydrogen-bond acceptors (Lipinski definition) is 5. The van der Waals surface area contributed by atoms with Gasteiger partial charge in [-0.05, 0) is 25.5 Å².